The average Bonchev–Trinajstić information content (AvgIpc) is 2.62. The van der Waals surface area contributed by atoms with E-state index in [9.17, 15) is 4.79 Å². The Bertz CT molecular complexity index is 684. The standard InChI is InChI=1S/C18H21NO5/c1-12(24-15-8-6-14(21-2)7-9-15)18(20)19-13-5-10-16(22-3)17(11-13)23-4/h5-12H,1-4H3,(H,19,20)/t12-/m1/s1. The van der Waals surface area contributed by atoms with Crippen LogP contribution >= 0.6 is 0 Å². The summed E-state index contributed by atoms with van der Waals surface area (Å²) in [6.07, 6.45) is -0.661. The zero-order valence-electron chi connectivity index (χ0n) is 14.2. The van der Waals surface area contributed by atoms with Gasteiger partial charge in [0, 0.05) is 11.8 Å². The van der Waals surface area contributed by atoms with Crippen LogP contribution in [0.5, 0.6) is 23.0 Å². The van der Waals surface area contributed by atoms with E-state index < -0.39 is 6.10 Å². The summed E-state index contributed by atoms with van der Waals surface area (Å²) < 4.78 is 21.1. The Hall–Kier alpha value is -2.89. The number of rotatable bonds is 7. The summed E-state index contributed by atoms with van der Waals surface area (Å²) in [7, 11) is 4.69. The van der Waals surface area contributed by atoms with Crippen LogP contribution in [0, 0.1) is 0 Å². The van der Waals surface area contributed by atoms with Crippen LogP contribution in [0.1, 0.15) is 6.92 Å². The van der Waals surface area contributed by atoms with E-state index in [0.29, 0.717) is 22.9 Å². The maximum Gasteiger partial charge on any atom is 0.265 e. The van der Waals surface area contributed by atoms with Gasteiger partial charge in [-0.25, -0.2) is 0 Å². The molecule has 128 valence electrons. The Morgan fingerprint density at radius 1 is 0.875 bits per heavy atom. The number of benzene rings is 2. The van der Waals surface area contributed by atoms with Crippen molar-refractivity contribution in [3.63, 3.8) is 0 Å². The number of ether oxygens (including phenoxy) is 4. The Balaban J connectivity index is 2.00. The zero-order chi connectivity index (χ0) is 17.5. The molecule has 0 fully saturated rings. The molecule has 1 amide bonds. The predicted molar refractivity (Wildman–Crippen MR) is 91.3 cm³/mol. The first kappa shape index (κ1) is 17.5. The molecule has 6 nitrogen and oxygen atoms in total. The number of anilines is 1. The smallest absolute Gasteiger partial charge is 0.265 e. The van der Waals surface area contributed by atoms with E-state index in [4.69, 9.17) is 18.9 Å². The molecule has 0 aliphatic rings. The van der Waals surface area contributed by atoms with Crippen molar-refractivity contribution in [2.45, 2.75) is 13.0 Å². The fraction of sp³-hybridized carbons (Fsp3) is 0.278. The van der Waals surface area contributed by atoms with E-state index in [2.05, 4.69) is 5.32 Å². The van der Waals surface area contributed by atoms with Crippen molar-refractivity contribution < 1.29 is 23.7 Å². The summed E-state index contributed by atoms with van der Waals surface area (Å²) in [5.74, 6) is 2.19. The van der Waals surface area contributed by atoms with E-state index in [1.54, 1.807) is 70.7 Å². The number of amides is 1. The molecule has 6 heteroatoms. The van der Waals surface area contributed by atoms with Crippen molar-refractivity contribution in [2.75, 3.05) is 26.6 Å². The maximum atomic E-state index is 12.3. The van der Waals surface area contributed by atoms with E-state index in [0.717, 1.165) is 5.75 Å². The summed E-state index contributed by atoms with van der Waals surface area (Å²) >= 11 is 0. The molecule has 0 saturated heterocycles. The van der Waals surface area contributed by atoms with E-state index in [1.807, 2.05) is 0 Å². The monoisotopic (exact) mass is 331 g/mol. The average molecular weight is 331 g/mol. The van der Waals surface area contributed by atoms with Crippen LogP contribution < -0.4 is 24.3 Å². The van der Waals surface area contributed by atoms with Gasteiger partial charge in [0.2, 0.25) is 0 Å². The van der Waals surface area contributed by atoms with Gasteiger partial charge in [0.1, 0.15) is 11.5 Å². The molecule has 0 unspecified atom stereocenters. The van der Waals surface area contributed by atoms with Crippen molar-refractivity contribution in [3.05, 3.63) is 42.5 Å². The molecule has 0 heterocycles. The Morgan fingerprint density at radius 3 is 2.08 bits per heavy atom. The van der Waals surface area contributed by atoms with Crippen molar-refractivity contribution >= 4 is 11.6 Å². The SMILES string of the molecule is COc1ccc(O[C@H](C)C(=O)Nc2ccc(OC)c(OC)c2)cc1. The van der Waals surface area contributed by atoms with E-state index in [1.165, 1.54) is 0 Å². The topological polar surface area (TPSA) is 66.0 Å². The first-order chi connectivity index (χ1) is 11.6. The molecule has 24 heavy (non-hydrogen) atoms. The third-order valence-corrected chi connectivity index (χ3v) is 3.39. The number of hydrogen-bond donors (Lipinski definition) is 1. The molecule has 0 radical (unpaired) electrons. The molecule has 2 aromatic carbocycles. The fourth-order valence-corrected chi connectivity index (χ4v) is 2.07. The molecule has 0 aromatic heterocycles. The molecular formula is C18H21NO5. The number of carbonyl (C=O) groups is 1. The molecule has 1 N–H and O–H groups in total. The summed E-state index contributed by atoms with van der Waals surface area (Å²) in [6, 6.07) is 12.2. The van der Waals surface area contributed by atoms with Crippen molar-refractivity contribution in [2.24, 2.45) is 0 Å². The second-order valence-corrected chi connectivity index (χ2v) is 4.99. The summed E-state index contributed by atoms with van der Waals surface area (Å²) in [4.78, 5) is 12.3. The lowest BCUT2D eigenvalue weighted by Gasteiger charge is -2.16. The number of hydrogen-bond acceptors (Lipinski definition) is 5. The first-order valence-electron chi connectivity index (χ1n) is 7.41. The summed E-state index contributed by atoms with van der Waals surface area (Å²) in [6.45, 7) is 1.68. The lowest BCUT2D eigenvalue weighted by molar-refractivity contribution is -0.122. The van der Waals surface area contributed by atoms with Crippen LogP contribution in [0.4, 0.5) is 5.69 Å². The minimum absolute atomic E-state index is 0.266. The van der Waals surface area contributed by atoms with Crippen LogP contribution in [0.15, 0.2) is 42.5 Å². The van der Waals surface area contributed by atoms with E-state index >= 15 is 0 Å². The quantitative estimate of drug-likeness (QED) is 0.844. The predicted octanol–water partition coefficient (Wildman–Crippen LogP) is 3.12. The third-order valence-electron chi connectivity index (χ3n) is 3.39. The molecule has 0 aliphatic heterocycles. The molecule has 0 bridgehead atoms. The second kappa shape index (κ2) is 8.10. The van der Waals surface area contributed by atoms with Crippen molar-refractivity contribution in [1.82, 2.24) is 0 Å². The highest BCUT2D eigenvalue weighted by Crippen LogP contribution is 2.29. The van der Waals surface area contributed by atoms with Gasteiger partial charge in [0.15, 0.2) is 17.6 Å². The molecule has 2 aromatic rings. The van der Waals surface area contributed by atoms with Gasteiger partial charge in [-0.2, -0.15) is 0 Å². The highest BCUT2D eigenvalue weighted by molar-refractivity contribution is 5.94. The van der Waals surface area contributed by atoms with Gasteiger partial charge in [0.25, 0.3) is 5.91 Å². The van der Waals surface area contributed by atoms with Crippen molar-refractivity contribution in [1.29, 1.82) is 0 Å². The van der Waals surface area contributed by atoms with E-state index in [-0.39, 0.29) is 5.91 Å². The molecule has 0 aliphatic carbocycles. The third kappa shape index (κ3) is 4.32. The first-order valence-corrected chi connectivity index (χ1v) is 7.41. The van der Waals surface area contributed by atoms with Gasteiger partial charge >= 0.3 is 0 Å². The largest absolute Gasteiger partial charge is 0.497 e. The van der Waals surface area contributed by atoms with Crippen molar-refractivity contribution in [3.8, 4) is 23.0 Å². The van der Waals surface area contributed by atoms with Crippen LogP contribution in [0.2, 0.25) is 0 Å². The minimum atomic E-state index is -0.661. The number of nitrogens with one attached hydrogen (secondary N) is 1. The van der Waals surface area contributed by atoms with Crippen LogP contribution in [0.25, 0.3) is 0 Å². The Labute approximate surface area is 141 Å². The van der Waals surface area contributed by atoms with Crippen LogP contribution in [0.3, 0.4) is 0 Å². The summed E-state index contributed by atoms with van der Waals surface area (Å²) in [5, 5.41) is 2.79. The summed E-state index contributed by atoms with van der Waals surface area (Å²) in [5.41, 5.74) is 0.600. The van der Waals surface area contributed by atoms with Gasteiger partial charge in [0.05, 0.1) is 21.3 Å². The maximum absolute atomic E-state index is 12.3. The molecule has 2 rings (SSSR count). The highest BCUT2D eigenvalue weighted by Gasteiger charge is 2.16. The van der Waals surface area contributed by atoms with Gasteiger partial charge in [-0.05, 0) is 43.3 Å². The van der Waals surface area contributed by atoms with Gasteiger partial charge in [-0.3, -0.25) is 4.79 Å². The number of carbonyl (C=O) groups excluding carboxylic acids is 1. The Morgan fingerprint density at radius 2 is 1.50 bits per heavy atom. The second-order valence-electron chi connectivity index (χ2n) is 4.99. The lowest BCUT2D eigenvalue weighted by atomic mass is 10.2. The lowest BCUT2D eigenvalue weighted by Crippen LogP contribution is -2.30. The van der Waals surface area contributed by atoms with Gasteiger partial charge in [-0.15, -0.1) is 0 Å². The highest BCUT2D eigenvalue weighted by atomic mass is 16.5. The number of methoxy groups -OCH3 is 3. The normalized spacial score (nSPS) is 11.3. The zero-order valence-corrected chi connectivity index (χ0v) is 14.2. The molecule has 0 saturated carbocycles. The fourth-order valence-electron chi connectivity index (χ4n) is 2.07. The molecule has 0 spiro atoms. The molecule has 1 atom stereocenters. The minimum Gasteiger partial charge on any atom is -0.497 e. The van der Waals surface area contributed by atoms with Crippen LogP contribution in [-0.4, -0.2) is 33.3 Å². The molecular weight excluding hydrogens is 310 g/mol. The van der Waals surface area contributed by atoms with Gasteiger partial charge < -0.3 is 24.3 Å². The Kier molecular flexibility index (Phi) is 5.89. The van der Waals surface area contributed by atoms with Gasteiger partial charge in [-0.1, -0.05) is 0 Å². The van der Waals surface area contributed by atoms with Crippen LogP contribution in [-0.2, 0) is 4.79 Å².